The van der Waals surface area contributed by atoms with Crippen molar-refractivity contribution in [3.63, 3.8) is 0 Å². The van der Waals surface area contributed by atoms with E-state index in [0.717, 1.165) is 48.1 Å². The Hall–Kier alpha value is -2.53. The Morgan fingerprint density at radius 3 is 2.33 bits per heavy atom. The molecule has 0 fully saturated rings. The van der Waals surface area contributed by atoms with Crippen molar-refractivity contribution in [3.8, 4) is 0 Å². The second kappa shape index (κ2) is 6.93. The number of rotatable bonds is 4. The van der Waals surface area contributed by atoms with Crippen LogP contribution in [0.1, 0.15) is 35.2 Å². The predicted molar refractivity (Wildman–Crippen MR) is 88.6 cm³/mol. The number of carbonyl (C=O) groups excluding carboxylic acids is 1. The molecule has 5 heteroatoms. The van der Waals surface area contributed by atoms with Crippen LogP contribution in [0.15, 0.2) is 48.0 Å². The number of allylic oxidation sites excluding steroid dienone is 1. The Balaban J connectivity index is 1.79. The number of benzene rings is 2. The van der Waals surface area contributed by atoms with Crippen molar-refractivity contribution in [2.45, 2.75) is 19.3 Å². The molecule has 0 radical (unpaired) electrons. The van der Waals surface area contributed by atoms with Gasteiger partial charge in [-0.3, -0.25) is 4.79 Å². The van der Waals surface area contributed by atoms with Gasteiger partial charge < -0.3 is 10.4 Å². The van der Waals surface area contributed by atoms with Crippen LogP contribution in [0, 0.1) is 11.6 Å². The van der Waals surface area contributed by atoms with E-state index in [4.69, 9.17) is 0 Å². The lowest BCUT2D eigenvalue weighted by Crippen LogP contribution is -2.15. The highest BCUT2D eigenvalue weighted by molar-refractivity contribution is 6.04. The standard InChI is InChI=1S/C19H17F2NO2/c20-16-5-2-6-17(21)18(16)19(24)22-14-9-7-12(8-10-14)15-4-1-3-13(15)11-23/h2,5-10,23H,1,3-4,11H2,(H,22,24). The summed E-state index contributed by atoms with van der Waals surface area (Å²) in [4.78, 5) is 12.1. The maximum absolute atomic E-state index is 13.6. The molecule has 0 saturated heterocycles. The molecule has 3 rings (SSSR count). The lowest BCUT2D eigenvalue weighted by atomic mass is 10.0. The van der Waals surface area contributed by atoms with E-state index in [9.17, 15) is 18.7 Å². The molecular formula is C19H17F2NO2. The van der Waals surface area contributed by atoms with E-state index in [2.05, 4.69) is 5.32 Å². The first-order chi connectivity index (χ1) is 11.6. The van der Waals surface area contributed by atoms with Crippen LogP contribution in [-0.4, -0.2) is 17.6 Å². The van der Waals surface area contributed by atoms with Gasteiger partial charge in [-0.2, -0.15) is 0 Å². The third-order valence-corrected chi connectivity index (χ3v) is 4.20. The van der Waals surface area contributed by atoms with Gasteiger partial charge in [-0.15, -0.1) is 0 Å². The zero-order valence-electron chi connectivity index (χ0n) is 13.0. The van der Waals surface area contributed by atoms with E-state index in [1.807, 2.05) is 12.1 Å². The van der Waals surface area contributed by atoms with Crippen molar-refractivity contribution in [1.29, 1.82) is 0 Å². The Morgan fingerprint density at radius 2 is 1.71 bits per heavy atom. The van der Waals surface area contributed by atoms with Crippen LogP contribution in [0.4, 0.5) is 14.5 Å². The topological polar surface area (TPSA) is 49.3 Å². The predicted octanol–water partition coefficient (Wildman–Crippen LogP) is 4.15. The summed E-state index contributed by atoms with van der Waals surface area (Å²) in [6.07, 6.45) is 2.84. The van der Waals surface area contributed by atoms with E-state index in [0.29, 0.717) is 5.69 Å². The summed E-state index contributed by atoms with van der Waals surface area (Å²) in [6.45, 7) is 0.0559. The van der Waals surface area contributed by atoms with Crippen LogP contribution in [0.25, 0.3) is 5.57 Å². The number of aliphatic hydroxyl groups excluding tert-OH is 1. The summed E-state index contributed by atoms with van der Waals surface area (Å²) in [5.41, 5.74) is 3.03. The number of nitrogens with one attached hydrogen (secondary N) is 1. The van der Waals surface area contributed by atoms with Gasteiger partial charge in [0.15, 0.2) is 0 Å². The minimum absolute atomic E-state index is 0.0559. The fraction of sp³-hybridized carbons (Fsp3) is 0.211. The van der Waals surface area contributed by atoms with Gasteiger partial charge >= 0.3 is 0 Å². The summed E-state index contributed by atoms with van der Waals surface area (Å²) in [6, 6.07) is 10.4. The number of anilines is 1. The average Bonchev–Trinajstić information content (AvgIpc) is 3.04. The minimum Gasteiger partial charge on any atom is -0.392 e. The van der Waals surface area contributed by atoms with Gasteiger partial charge in [0, 0.05) is 5.69 Å². The van der Waals surface area contributed by atoms with Gasteiger partial charge in [0.05, 0.1) is 6.61 Å². The smallest absolute Gasteiger partial charge is 0.261 e. The van der Waals surface area contributed by atoms with Crippen LogP contribution in [-0.2, 0) is 0 Å². The SMILES string of the molecule is O=C(Nc1ccc(C2=C(CO)CCC2)cc1)c1c(F)cccc1F. The molecule has 0 heterocycles. The van der Waals surface area contributed by atoms with Crippen LogP contribution in [0.5, 0.6) is 0 Å². The molecule has 2 N–H and O–H groups in total. The molecule has 1 aliphatic rings. The van der Waals surface area contributed by atoms with E-state index < -0.39 is 23.1 Å². The third-order valence-electron chi connectivity index (χ3n) is 4.20. The van der Waals surface area contributed by atoms with Gasteiger partial charge in [-0.25, -0.2) is 8.78 Å². The molecule has 0 saturated carbocycles. The highest BCUT2D eigenvalue weighted by atomic mass is 19.1. The molecule has 0 bridgehead atoms. The summed E-state index contributed by atoms with van der Waals surface area (Å²) in [5, 5.41) is 11.9. The maximum Gasteiger partial charge on any atom is 0.261 e. The van der Waals surface area contributed by atoms with Gasteiger partial charge in [-0.1, -0.05) is 18.2 Å². The first kappa shape index (κ1) is 16.3. The first-order valence-electron chi connectivity index (χ1n) is 7.77. The Bertz CT molecular complexity index is 777. The van der Waals surface area contributed by atoms with Crippen LogP contribution in [0.3, 0.4) is 0 Å². The van der Waals surface area contributed by atoms with Crippen molar-refractivity contribution < 1.29 is 18.7 Å². The molecular weight excluding hydrogens is 312 g/mol. The van der Waals surface area contributed by atoms with Crippen LogP contribution in [0.2, 0.25) is 0 Å². The molecule has 3 nitrogen and oxygen atoms in total. The normalized spacial score (nSPS) is 14.1. The maximum atomic E-state index is 13.6. The summed E-state index contributed by atoms with van der Waals surface area (Å²) < 4.78 is 27.2. The largest absolute Gasteiger partial charge is 0.392 e. The van der Waals surface area contributed by atoms with Crippen molar-refractivity contribution in [2.24, 2.45) is 0 Å². The van der Waals surface area contributed by atoms with Gasteiger partial charge in [0.2, 0.25) is 0 Å². The highest BCUT2D eigenvalue weighted by Crippen LogP contribution is 2.33. The molecule has 0 spiro atoms. The van der Waals surface area contributed by atoms with Crippen LogP contribution < -0.4 is 5.32 Å². The van der Waals surface area contributed by atoms with Gasteiger partial charge in [0.1, 0.15) is 17.2 Å². The molecule has 24 heavy (non-hydrogen) atoms. The Morgan fingerprint density at radius 1 is 1.04 bits per heavy atom. The number of hydrogen-bond acceptors (Lipinski definition) is 2. The number of halogens is 2. The molecule has 124 valence electrons. The van der Waals surface area contributed by atoms with Gasteiger partial charge in [0.25, 0.3) is 5.91 Å². The van der Waals surface area contributed by atoms with E-state index >= 15 is 0 Å². The lowest BCUT2D eigenvalue weighted by Gasteiger charge is -2.09. The molecule has 2 aromatic rings. The highest BCUT2D eigenvalue weighted by Gasteiger charge is 2.18. The van der Waals surface area contributed by atoms with E-state index in [1.54, 1.807) is 12.1 Å². The Labute approximate surface area is 138 Å². The molecule has 0 unspecified atom stereocenters. The van der Waals surface area contributed by atoms with E-state index in [-0.39, 0.29) is 6.61 Å². The second-order valence-electron chi connectivity index (χ2n) is 5.72. The van der Waals surface area contributed by atoms with Crippen molar-refractivity contribution >= 4 is 17.2 Å². The third kappa shape index (κ3) is 3.21. The first-order valence-corrected chi connectivity index (χ1v) is 7.77. The van der Waals surface area contributed by atoms with Crippen molar-refractivity contribution in [2.75, 3.05) is 11.9 Å². The average molecular weight is 329 g/mol. The van der Waals surface area contributed by atoms with Crippen LogP contribution >= 0.6 is 0 Å². The molecule has 0 aromatic heterocycles. The lowest BCUT2D eigenvalue weighted by molar-refractivity contribution is 0.101. The molecule has 0 atom stereocenters. The Kier molecular flexibility index (Phi) is 4.71. The summed E-state index contributed by atoms with van der Waals surface area (Å²) >= 11 is 0. The quantitative estimate of drug-likeness (QED) is 0.885. The summed E-state index contributed by atoms with van der Waals surface area (Å²) in [7, 11) is 0. The molecule has 0 aliphatic heterocycles. The molecule has 1 aliphatic carbocycles. The fourth-order valence-corrected chi connectivity index (χ4v) is 2.99. The number of hydrogen-bond donors (Lipinski definition) is 2. The number of aliphatic hydroxyl groups is 1. The zero-order chi connectivity index (χ0) is 17.1. The number of amides is 1. The van der Waals surface area contributed by atoms with E-state index in [1.165, 1.54) is 6.07 Å². The summed E-state index contributed by atoms with van der Waals surface area (Å²) in [5.74, 6) is -2.62. The van der Waals surface area contributed by atoms with Gasteiger partial charge in [-0.05, 0) is 60.2 Å². The number of carbonyl (C=O) groups is 1. The van der Waals surface area contributed by atoms with Crippen molar-refractivity contribution in [3.05, 3.63) is 70.8 Å². The molecule has 1 amide bonds. The zero-order valence-corrected chi connectivity index (χ0v) is 13.0. The second-order valence-corrected chi connectivity index (χ2v) is 5.72. The monoisotopic (exact) mass is 329 g/mol. The minimum atomic E-state index is -0.896. The molecule has 2 aromatic carbocycles. The fourth-order valence-electron chi connectivity index (χ4n) is 2.99. The van der Waals surface area contributed by atoms with Crippen molar-refractivity contribution in [1.82, 2.24) is 0 Å².